The number of amidine groups is 1. The molecule has 298 valence electrons. The third-order valence-corrected chi connectivity index (χ3v) is 9.05. The number of unbranched alkanes of at least 4 members (excludes halogenated alkanes) is 3. The lowest BCUT2D eigenvalue weighted by Gasteiger charge is -2.21. The molecule has 1 aromatic heterocycles. The standard InChI is InChI=1S/C43H52N4O9/c1-7-9-10-11-20-54-42(53)47-38(44)30-16-14-27(15-17-30)21-36(49)34-22-29(8-2)31(25-48)23-33(34)32-18-19-35(39(50)45-24-28-12-13-28)46-37(32)40(51)55-26(3)56-41(52)43(4,5)6/h8,14-19,22-23,26,28,48H,2,7,9-13,20-21,24-25H2,1,3-6H3,(H,45,50)(H2,44,47,53). The van der Waals surface area contributed by atoms with Gasteiger partial charge < -0.3 is 24.6 Å². The summed E-state index contributed by atoms with van der Waals surface area (Å²) in [5.74, 6) is -2.23. The molecule has 1 heterocycles. The van der Waals surface area contributed by atoms with E-state index < -0.39 is 42.3 Å². The van der Waals surface area contributed by atoms with Crippen molar-refractivity contribution in [2.24, 2.45) is 11.3 Å². The van der Waals surface area contributed by atoms with Crippen molar-refractivity contribution in [3.05, 3.63) is 94.3 Å². The fourth-order valence-corrected chi connectivity index (χ4v) is 5.58. The Morgan fingerprint density at radius 1 is 1.00 bits per heavy atom. The van der Waals surface area contributed by atoms with E-state index in [9.17, 15) is 29.1 Å². The Labute approximate surface area is 327 Å². The van der Waals surface area contributed by atoms with Crippen molar-refractivity contribution in [2.45, 2.75) is 92.5 Å². The Bertz CT molecular complexity index is 1950. The molecule has 13 heteroatoms. The highest BCUT2D eigenvalue weighted by Crippen LogP contribution is 2.33. The van der Waals surface area contributed by atoms with Gasteiger partial charge in [-0.25, -0.2) is 14.6 Å². The van der Waals surface area contributed by atoms with Crippen LogP contribution < -0.4 is 10.6 Å². The molecule has 13 nitrogen and oxygen atoms in total. The van der Waals surface area contributed by atoms with Crippen molar-refractivity contribution < 1.29 is 43.3 Å². The van der Waals surface area contributed by atoms with Crippen molar-refractivity contribution in [2.75, 3.05) is 13.2 Å². The summed E-state index contributed by atoms with van der Waals surface area (Å²) in [5, 5.41) is 23.8. The number of aliphatic hydroxyl groups excluding tert-OH is 1. The number of pyridine rings is 1. The Kier molecular flexibility index (Phi) is 15.2. The summed E-state index contributed by atoms with van der Waals surface area (Å²) >= 11 is 0. The first kappa shape index (κ1) is 43.0. The number of amides is 2. The third-order valence-electron chi connectivity index (χ3n) is 9.05. The van der Waals surface area contributed by atoms with Gasteiger partial charge in [-0.3, -0.25) is 25.1 Å². The molecule has 1 aliphatic rings. The molecule has 1 atom stereocenters. The summed E-state index contributed by atoms with van der Waals surface area (Å²) in [4.78, 5) is 70.2. The highest BCUT2D eigenvalue weighted by atomic mass is 16.7. The first-order chi connectivity index (χ1) is 26.6. The first-order valence-electron chi connectivity index (χ1n) is 18.9. The van der Waals surface area contributed by atoms with Gasteiger partial charge in [-0.2, -0.15) is 0 Å². The number of rotatable bonds is 18. The third kappa shape index (κ3) is 12.2. The van der Waals surface area contributed by atoms with Gasteiger partial charge in [-0.1, -0.05) is 63.1 Å². The van der Waals surface area contributed by atoms with Gasteiger partial charge in [0, 0.05) is 36.6 Å². The van der Waals surface area contributed by atoms with Gasteiger partial charge in [0.05, 0.1) is 18.6 Å². The lowest BCUT2D eigenvalue weighted by molar-refractivity contribution is -0.174. The minimum absolute atomic E-state index is 0.0564. The lowest BCUT2D eigenvalue weighted by Crippen LogP contribution is -2.31. The number of benzene rings is 2. The molecule has 1 unspecified atom stereocenters. The van der Waals surface area contributed by atoms with Crippen LogP contribution in [0, 0.1) is 16.7 Å². The topological polar surface area (TPSA) is 194 Å². The van der Waals surface area contributed by atoms with Crippen molar-refractivity contribution in [1.29, 1.82) is 5.41 Å². The van der Waals surface area contributed by atoms with E-state index in [0.29, 0.717) is 34.7 Å². The number of hydrogen-bond acceptors (Lipinski definition) is 11. The molecule has 2 aromatic carbocycles. The number of esters is 2. The van der Waals surface area contributed by atoms with Crippen LogP contribution in [0.1, 0.15) is 127 Å². The van der Waals surface area contributed by atoms with Crippen LogP contribution in [0.15, 0.2) is 55.1 Å². The zero-order chi connectivity index (χ0) is 41.0. The van der Waals surface area contributed by atoms with Crippen LogP contribution in [0.4, 0.5) is 4.79 Å². The zero-order valence-corrected chi connectivity index (χ0v) is 32.8. The molecule has 1 saturated carbocycles. The molecule has 0 saturated heterocycles. The first-order valence-corrected chi connectivity index (χ1v) is 18.9. The van der Waals surface area contributed by atoms with Crippen molar-refractivity contribution in [1.82, 2.24) is 15.6 Å². The average Bonchev–Trinajstić information content (AvgIpc) is 4.00. The van der Waals surface area contributed by atoms with E-state index in [-0.39, 0.29) is 52.7 Å². The molecule has 0 spiro atoms. The molecule has 1 fully saturated rings. The summed E-state index contributed by atoms with van der Waals surface area (Å²) < 4.78 is 16.0. The van der Waals surface area contributed by atoms with E-state index >= 15 is 0 Å². The largest absolute Gasteiger partial charge is 0.449 e. The number of carbonyl (C=O) groups excluding carboxylic acids is 5. The minimum Gasteiger partial charge on any atom is -0.449 e. The Hall–Kier alpha value is -5.69. The summed E-state index contributed by atoms with van der Waals surface area (Å²) in [6.07, 6.45) is 5.22. The van der Waals surface area contributed by atoms with E-state index in [1.54, 1.807) is 57.2 Å². The van der Waals surface area contributed by atoms with Crippen molar-refractivity contribution in [3.63, 3.8) is 0 Å². The lowest BCUT2D eigenvalue weighted by atomic mass is 9.89. The van der Waals surface area contributed by atoms with Crippen molar-refractivity contribution in [3.8, 4) is 11.1 Å². The molecule has 56 heavy (non-hydrogen) atoms. The van der Waals surface area contributed by atoms with E-state index in [1.807, 2.05) is 0 Å². The fraction of sp³-hybridized carbons (Fsp3) is 0.419. The number of ketones is 1. The number of Topliss-reactive ketones (excluding diaryl/α,β-unsaturated/α-hetero) is 1. The van der Waals surface area contributed by atoms with E-state index in [4.69, 9.17) is 19.6 Å². The van der Waals surface area contributed by atoms with Gasteiger partial charge in [-0.05, 0) is 92.5 Å². The Morgan fingerprint density at radius 2 is 1.71 bits per heavy atom. The molecule has 4 rings (SSSR count). The molecule has 0 bridgehead atoms. The predicted molar refractivity (Wildman–Crippen MR) is 211 cm³/mol. The van der Waals surface area contributed by atoms with Crippen LogP contribution in [-0.4, -0.2) is 65.1 Å². The van der Waals surface area contributed by atoms with E-state index in [1.165, 1.54) is 25.1 Å². The highest BCUT2D eigenvalue weighted by Gasteiger charge is 2.29. The maximum Gasteiger partial charge on any atom is 0.412 e. The summed E-state index contributed by atoms with van der Waals surface area (Å²) in [7, 11) is 0. The molecule has 0 aliphatic heterocycles. The van der Waals surface area contributed by atoms with E-state index in [0.717, 1.165) is 38.5 Å². The fourth-order valence-electron chi connectivity index (χ4n) is 5.58. The number of carbonyl (C=O) groups is 5. The zero-order valence-electron chi connectivity index (χ0n) is 32.8. The SMILES string of the molecule is C=Cc1cc(C(=O)Cc2ccc(C(=N)NC(=O)OCCCCCC)cc2)c(-c2ccc(C(=O)NCC3CC3)nc2C(=O)OC(C)OC(=O)C(C)(C)C)cc1CO. The van der Waals surface area contributed by atoms with Gasteiger partial charge in [0.15, 0.2) is 11.5 Å². The average molecular weight is 769 g/mol. The maximum absolute atomic E-state index is 14.1. The molecule has 4 N–H and O–H groups in total. The second-order valence-electron chi connectivity index (χ2n) is 14.8. The van der Waals surface area contributed by atoms with Crippen LogP contribution in [0.5, 0.6) is 0 Å². The summed E-state index contributed by atoms with van der Waals surface area (Å²) in [5.41, 5.74) is 1.23. The maximum atomic E-state index is 14.1. The van der Waals surface area contributed by atoms with Crippen LogP contribution in [0.3, 0.4) is 0 Å². The van der Waals surface area contributed by atoms with E-state index in [2.05, 4.69) is 29.1 Å². The predicted octanol–water partition coefficient (Wildman–Crippen LogP) is 7.17. The van der Waals surface area contributed by atoms with Gasteiger partial charge in [0.25, 0.3) is 5.91 Å². The monoisotopic (exact) mass is 768 g/mol. The minimum atomic E-state index is -1.31. The van der Waals surface area contributed by atoms with Crippen LogP contribution in [0.2, 0.25) is 0 Å². The second-order valence-corrected chi connectivity index (χ2v) is 14.8. The van der Waals surface area contributed by atoms with Gasteiger partial charge in [0.2, 0.25) is 6.29 Å². The molecule has 3 aromatic rings. The number of ether oxygens (including phenoxy) is 3. The van der Waals surface area contributed by atoms with Gasteiger partial charge in [-0.15, -0.1) is 0 Å². The number of hydrogen-bond donors (Lipinski definition) is 4. The molecule has 2 amide bonds. The molecular formula is C43H52N4O9. The quantitative estimate of drug-likeness (QED) is 0.0257. The summed E-state index contributed by atoms with van der Waals surface area (Å²) in [6, 6.07) is 12.6. The number of alkyl carbamates (subject to hydrolysis) is 1. The highest BCUT2D eigenvalue weighted by molar-refractivity contribution is 6.08. The molecular weight excluding hydrogens is 716 g/mol. The second kappa shape index (κ2) is 19.8. The smallest absolute Gasteiger partial charge is 0.412 e. The van der Waals surface area contributed by atoms with Crippen LogP contribution in [-0.2, 0) is 32.0 Å². The van der Waals surface area contributed by atoms with Gasteiger partial charge >= 0.3 is 18.0 Å². The normalized spacial score (nSPS) is 12.9. The van der Waals surface area contributed by atoms with Crippen LogP contribution in [0.25, 0.3) is 17.2 Å². The Morgan fingerprint density at radius 3 is 2.34 bits per heavy atom. The molecule has 0 radical (unpaired) electrons. The summed E-state index contributed by atoms with van der Waals surface area (Å²) in [6.45, 7) is 12.6. The number of nitrogens with one attached hydrogen (secondary N) is 3. The number of aromatic nitrogens is 1. The molecule has 1 aliphatic carbocycles. The van der Waals surface area contributed by atoms with Crippen LogP contribution >= 0.6 is 0 Å². The number of aliphatic hydroxyl groups is 1. The van der Waals surface area contributed by atoms with Gasteiger partial charge in [0.1, 0.15) is 11.5 Å². The Balaban J connectivity index is 1.64. The van der Waals surface area contributed by atoms with Crippen molar-refractivity contribution >= 4 is 41.6 Å². The number of nitrogens with zero attached hydrogens (tertiary/aromatic N) is 1.